The van der Waals surface area contributed by atoms with Gasteiger partial charge in [0.05, 0.1) is 12.5 Å². The SMILES string of the molecule is O=C(C[C@@H](NC(=O)c1ccccc1)c1ccccc1)N/N=C\C=C\c1ccccc1. The second-order valence-corrected chi connectivity index (χ2v) is 6.59. The fourth-order valence-electron chi connectivity index (χ4n) is 2.87. The Bertz CT molecular complexity index is 1000. The Labute approximate surface area is 176 Å². The molecule has 0 fully saturated rings. The molecule has 5 nitrogen and oxygen atoms in total. The quantitative estimate of drug-likeness (QED) is 0.438. The first kappa shape index (κ1) is 20.7. The zero-order valence-electron chi connectivity index (χ0n) is 16.4. The summed E-state index contributed by atoms with van der Waals surface area (Å²) in [6.07, 6.45) is 5.23. The van der Waals surface area contributed by atoms with E-state index >= 15 is 0 Å². The summed E-state index contributed by atoms with van der Waals surface area (Å²) in [5.74, 6) is -0.520. The van der Waals surface area contributed by atoms with Crippen LogP contribution in [0.25, 0.3) is 6.08 Å². The Morgan fingerprint density at radius 1 is 0.833 bits per heavy atom. The van der Waals surface area contributed by atoms with Crippen LogP contribution in [0.5, 0.6) is 0 Å². The summed E-state index contributed by atoms with van der Waals surface area (Å²) in [4.78, 5) is 24.9. The van der Waals surface area contributed by atoms with Crippen molar-refractivity contribution in [1.29, 1.82) is 0 Å². The van der Waals surface area contributed by atoms with Crippen molar-refractivity contribution in [2.75, 3.05) is 0 Å². The lowest BCUT2D eigenvalue weighted by atomic mass is 10.0. The molecule has 3 rings (SSSR count). The van der Waals surface area contributed by atoms with Crippen LogP contribution in [0.1, 0.15) is 33.9 Å². The zero-order valence-corrected chi connectivity index (χ0v) is 16.4. The van der Waals surface area contributed by atoms with E-state index in [1.807, 2.05) is 72.8 Å². The highest BCUT2D eigenvalue weighted by Crippen LogP contribution is 2.17. The maximum absolute atomic E-state index is 12.6. The summed E-state index contributed by atoms with van der Waals surface area (Å²) in [5, 5.41) is 6.88. The first-order valence-corrected chi connectivity index (χ1v) is 9.67. The van der Waals surface area contributed by atoms with E-state index in [2.05, 4.69) is 15.8 Å². The van der Waals surface area contributed by atoms with Gasteiger partial charge in [0.15, 0.2) is 0 Å². The van der Waals surface area contributed by atoms with Gasteiger partial charge >= 0.3 is 0 Å². The first-order valence-electron chi connectivity index (χ1n) is 9.67. The number of allylic oxidation sites excluding steroid dienone is 1. The number of carbonyl (C=O) groups excluding carboxylic acids is 2. The van der Waals surface area contributed by atoms with Crippen LogP contribution in [0, 0.1) is 0 Å². The van der Waals surface area contributed by atoms with E-state index in [1.54, 1.807) is 30.3 Å². The predicted octanol–water partition coefficient (Wildman–Crippen LogP) is 4.36. The number of carbonyl (C=O) groups is 2. The van der Waals surface area contributed by atoms with Gasteiger partial charge in [-0.05, 0) is 29.3 Å². The van der Waals surface area contributed by atoms with Gasteiger partial charge in [-0.15, -0.1) is 0 Å². The van der Waals surface area contributed by atoms with Crippen molar-refractivity contribution in [2.24, 2.45) is 5.10 Å². The Balaban J connectivity index is 1.60. The molecular formula is C25H23N3O2. The highest BCUT2D eigenvalue weighted by molar-refractivity contribution is 5.94. The number of nitrogens with zero attached hydrogens (tertiary/aromatic N) is 1. The van der Waals surface area contributed by atoms with Crippen molar-refractivity contribution in [3.05, 3.63) is 114 Å². The molecule has 0 aliphatic carbocycles. The fraction of sp³-hybridized carbons (Fsp3) is 0.0800. The molecular weight excluding hydrogens is 374 g/mol. The van der Waals surface area contributed by atoms with E-state index < -0.39 is 6.04 Å². The number of hydrogen-bond donors (Lipinski definition) is 2. The monoisotopic (exact) mass is 397 g/mol. The van der Waals surface area contributed by atoms with Crippen molar-refractivity contribution >= 4 is 24.1 Å². The van der Waals surface area contributed by atoms with Gasteiger partial charge < -0.3 is 5.32 Å². The molecule has 0 aliphatic heterocycles. The number of benzene rings is 3. The van der Waals surface area contributed by atoms with E-state index in [-0.39, 0.29) is 18.2 Å². The Hall–Kier alpha value is -3.99. The molecule has 3 aromatic rings. The first-order chi connectivity index (χ1) is 14.7. The van der Waals surface area contributed by atoms with Gasteiger partial charge in [-0.3, -0.25) is 9.59 Å². The Morgan fingerprint density at radius 2 is 1.43 bits per heavy atom. The van der Waals surface area contributed by atoms with E-state index in [9.17, 15) is 9.59 Å². The standard InChI is InChI=1S/C25H23N3O2/c29-24(28-26-18-10-13-20-11-4-1-5-12-20)19-23(21-14-6-2-7-15-21)27-25(30)22-16-8-3-9-17-22/h1-18,23H,19H2,(H,27,30)(H,28,29)/b13-10+,26-18-/t23-/m1/s1. The minimum atomic E-state index is -0.464. The lowest BCUT2D eigenvalue weighted by Crippen LogP contribution is -2.32. The summed E-state index contributed by atoms with van der Waals surface area (Å²) in [6.45, 7) is 0. The molecule has 0 aliphatic rings. The number of nitrogens with one attached hydrogen (secondary N) is 2. The topological polar surface area (TPSA) is 70.6 Å². The molecule has 0 aromatic heterocycles. The molecule has 2 amide bonds. The van der Waals surface area contributed by atoms with Crippen LogP contribution in [0.3, 0.4) is 0 Å². The molecule has 2 N–H and O–H groups in total. The number of hydrazone groups is 1. The predicted molar refractivity (Wildman–Crippen MR) is 120 cm³/mol. The summed E-state index contributed by atoms with van der Waals surface area (Å²) in [7, 11) is 0. The molecule has 3 aromatic carbocycles. The van der Waals surface area contributed by atoms with Gasteiger partial charge in [-0.2, -0.15) is 5.10 Å². The average molecular weight is 397 g/mol. The van der Waals surface area contributed by atoms with Crippen LogP contribution in [-0.4, -0.2) is 18.0 Å². The van der Waals surface area contributed by atoms with Crippen molar-refractivity contribution < 1.29 is 9.59 Å². The maximum atomic E-state index is 12.6. The van der Waals surface area contributed by atoms with Gasteiger partial charge in [0.1, 0.15) is 0 Å². The molecule has 5 heteroatoms. The van der Waals surface area contributed by atoms with Crippen molar-refractivity contribution in [3.8, 4) is 0 Å². The summed E-state index contributed by atoms with van der Waals surface area (Å²) in [5.41, 5.74) is 4.95. The average Bonchev–Trinajstić information content (AvgIpc) is 2.80. The van der Waals surface area contributed by atoms with Gasteiger partial charge in [0.2, 0.25) is 5.91 Å². The number of hydrogen-bond acceptors (Lipinski definition) is 3. The van der Waals surface area contributed by atoms with Crippen LogP contribution < -0.4 is 10.7 Å². The van der Waals surface area contributed by atoms with Crippen molar-refractivity contribution in [2.45, 2.75) is 12.5 Å². The van der Waals surface area contributed by atoms with Gasteiger partial charge in [-0.25, -0.2) is 5.43 Å². The largest absolute Gasteiger partial charge is 0.345 e. The van der Waals surface area contributed by atoms with E-state index in [0.29, 0.717) is 5.56 Å². The van der Waals surface area contributed by atoms with Gasteiger partial charge in [0.25, 0.3) is 5.91 Å². The molecule has 0 bridgehead atoms. The van der Waals surface area contributed by atoms with Crippen LogP contribution in [0.2, 0.25) is 0 Å². The Morgan fingerprint density at radius 3 is 2.10 bits per heavy atom. The molecule has 0 saturated heterocycles. The number of rotatable bonds is 8. The fourth-order valence-corrected chi connectivity index (χ4v) is 2.87. The lowest BCUT2D eigenvalue weighted by molar-refractivity contribution is -0.121. The zero-order chi connectivity index (χ0) is 21.0. The molecule has 0 radical (unpaired) electrons. The van der Waals surface area contributed by atoms with Crippen LogP contribution in [0.4, 0.5) is 0 Å². The van der Waals surface area contributed by atoms with Crippen molar-refractivity contribution in [1.82, 2.24) is 10.7 Å². The molecule has 150 valence electrons. The molecule has 0 heterocycles. The van der Waals surface area contributed by atoms with E-state index in [4.69, 9.17) is 0 Å². The molecule has 30 heavy (non-hydrogen) atoms. The minimum absolute atomic E-state index is 0.0718. The second kappa shape index (κ2) is 11.1. The van der Waals surface area contributed by atoms with Crippen molar-refractivity contribution in [3.63, 3.8) is 0 Å². The normalized spacial score (nSPS) is 12.0. The van der Waals surface area contributed by atoms with Crippen LogP contribution >= 0.6 is 0 Å². The summed E-state index contributed by atoms with van der Waals surface area (Å²) in [6, 6.07) is 27.7. The minimum Gasteiger partial charge on any atom is -0.345 e. The maximum Gasteiger partial charge on any atom is 0.251 e. The molecule has 0 saturated carbocycles. The van der Waals surface area contributed by atoms with E-state index in [1.165, 1.54) is 6.21 Å². The molecule has 0 spiro atoms. The van der Waals surface area contributed by atoms with Crippen LogP contribution in [-0.2, 0) is 4.79 Å². The molecule has 0 unspecified atom stereocenters. The third kappa shape index (κ3) is 6.56. The lowest BCUT2D eigenvalue weighted by Gasteiger charge is -2.18. The third-order valence-electron chi connectivity index (χ3n) is 4.37. The number of amides is 2. The second-order valence-electron chi connectivity index (χ2n) is 6.59. The molecule has 1 atom stereocenters. The van der Waals surface area contributed by atoms with Gasteiger partial charge in [-0.1, -0.05) is 84.9 Å². The Kier molecular flexibility index (Phi) is 7.69. The highest BCUT2D eigenvalue weighted by atomic mass is 16.2. The third-order valence-corrected chi connectivity index (χ3v) is 4.37. The van der Waals surface area contributed by atoms with E-state index in [0.717, 1.165) is 11.1 Å². The summed E-state index contributed by atoms with van der Waals surface area (Å²) < 4.78 is 0. The highest BCUT2D eigenvalue weighted by Gasteiger charge is 2.19. The summed E-state index contributed by atoms with van der Waals surface area (Å²) >= 11 is 0. The van der Waals surface area contributed by atoms with Crippen LogP contribution in [0.15, 0.2) is 102 Å². The van der Waals surface area contributed by atoms with Gasteiger partial charge in [0, 0.05) is 11.8 Å². The smallest absolute Gasteiger partial charge is 0.251 e.